The van der Waals surface area contributed by atoms with Crippen LogP contribution in [0.5, 0.6) is 0 Å². The maximum atomic E-state index is 12.8. The second kappa shape index (κ2) is 5.55. The molecule has 0 radical (unpaired) electrons. The number of esters is 1. The maximum absolute atomic E-state index is 12.8. The molecule has 6 nitrogen and oxygen atoms in total. The van der Waals surface area contributed by atoms with E-state index in [1.165, 1.54) is 6.92 Å². The van der Waals surface area contributed by atoms with Crippen molar-refractivity contribution in [3.05, 3.63) is 23.3 Å². The number of aliphatic hydroxyl groups excluding tert-OH is 1. The highest BCUT2D eigenvalue weighted by Crippen LogP contribution is 2.76. The zero-order valence-electron chi connectivity index (χ0n) is 17.2. The summed E-state index contributed by atoms with van der Waals surface area (Å²) >= 11 is 0. The molecule has 28 heavy (non-hydrogen) atoms. The van der Waals surface area contributed by atoms with E-state index in [4.69, 9.17) is 4.74 Å². The Labute approximate surface area is 165 Å². The van der Waals surface area contributed by atoms with Crippen LogP contribution in [0.2, 0.25) is 0 Å². The number of ketones is 1. The van der Waals surface area contributed by atoms with Crippen LogP contribution in [0.4, 0.5) is 0 Å². The van der Waals surface area contributed by atoms with E-state index in [1.54, 1.807) is 13.0 Å². The first-order chi connectivity index (χ1) is 12.9. The van der Waals surface area contributed by atoms with E-state index in [0.29, 0.717) is 17.6 Å². The van der Waals surface area contributed by atoms with Gasteiger partial charge < -0.3 is 20.1 Å². The third kappa shape index (κ3) is 2.09. The molecule has 154 valence electrons. The Kier molecular flexibility index (Phi) is 3.93. The lowest BCUT2D eigenvalue weighted by atomic mass is 9.60. The lowest BCUT2D eigenvalue weighted by Gasteiger charge is -2.50. The number of ether oxygens (including phenoxy) is 1. The fourth-order valence-electron chi connectivity index (χ4n) is 6.85. The monoisotopic (exact) mass is 390 g/mol. The van der Waals surface area contributed by atoms with Gasteiger partial charge in [0.25, 0.3) is 0 Å². The van der Waals surface area contributed by atoms with Gasteiger partial charge in [-0.25, -0.2) is 0 Å². The maximum Gasteiger partial charge on any atom is 0.303 e. The predicted molar refractivity (Wildman–Crippen MR) is 101 cm³/mol. The quantitative estimate of drug-likeness (QED) is 0.488. The minimum Gasteiger partial charge on any atom is -0.458 e. The first kappa shape index (κ1) is 19.8. The second-order valence-electron chi connectivity index (χ2n) is 9.94. The van der Waals surface area contributed by atoms with Crippen LogP contribution in [0.15, 0.2) is 23.3 Å². The molecule has 2 fully saturated rings. The van der Waals surface area contributed by atoms with Gasteiger partial charge in [-0.1, -0.05) is 32.9 Å². The highest BCUT2D eigenvalue weighted by Gasteiger charge is 2.83. The van der Waals surface area contributed by atoms with Gasteiger partial charge in [0.05, 0.1) is 12.2 Å². The van der Waals surface area contributed by atoms with Gasteiger partial charge in [0, 0.05) is 36.5 Å². The Bertz CT molecular complexity index is 825. The molecule has 0 aliphatic heterocycles. The molecule has 0 aromatic carbocycles. The van der Waals surface area contributed by atoms with Crippen molar-refractivity contribution in [3.63, 3.8) is 0 Å². The lowest BCUT2D eigenvalue weighted by Crippen LogP contribution is -2.61. The van der Waals surface area contributed by atoms with Crippen molar-refractivity contribution in [2.75, 3.05) is 6.61 Å². The Balaban J connectivity index is 1.90. The summed E-state index contributed by atoms with van der Waals surface area (Å²) in [5, 5.41) is 33.4. The highest BCUT2D eigenvalue weighted by atomic mass is 16.6. The molecule has 4 aliphatic carbocycles. The summed E-state index contributed by atoms with van der Waals surface area (Å²) in [6.07, 6.45) is 4.00. The van der Waals surface area contributed by atoms with Crippen LogP contribution in [0.3, 0.4) is 0 Å². The predicted octanol–water partition coefficient (Wildman–Crippen LogP) is 1.53. The van der Waals surface area contributed by atoms with Gasteiger partial charge in [-0.05, 0) is 30.4 Å². The first-order valence-electron chi connectivity index (χ1n) is 10.0. The SMILES string of the molecule is CC(=O)O[C@@]12C[C@@H](C)[C@]3(O)C4C=C(C)C(=O)[C@@]4(O)CC(CO)=C[C@H]3[C@H]1C2(C)C. The summed E-state index contributed by atoms with van der Waals surface area (Å²) in [5.74, 6) is -2.42. The van der Waals surface area contributed by atoms with Crippen LogP contribution in [-0.4, -0.2) is 50.5 Å². The third-order valence-electron chi connectivity index (χ3n) is 8.20. The van der Waals surface area contributed by atoms with Crippen LogP contribution >= 0.6 is 0 Å². The van der Waals surface area contributed by atoms with Crippen LogP contribution in [0.1, 0.15) is 47.5 Å². The van der Waals surface area contributed by atoms with Crippen molar-refractivity contribution < 1.29 is 29.6 Å². The van der Waals surface area contributed by atoms with Crippen LogP contribution < -0.4 is 0 Å². The van der Waals surface area contributed by atoms with Crippen molar-refractivity contribution in [2.45, 2.75) is 64.3 Å². The molecule has 1 unspecified atom stereocenters. The van der Waals surface area contributed by atoms with E-state index in [0.717, 1.165) is 0 Å². The number of hydrogen-bond donors (Lipinski definition) is 3. The van der Waals surface area contributed by atoms with Crippen LogP contribution in [0.25, 0.3) is 0 Å². The van der Waals surface area contributed by atoms with Crippen molar-refractivity contribution in [1.29, 1.82) is 0 Å². The molecule has 6 heteroatoms. The van der Waals surface area contributed by atoms with Crippen molar-refractivity contribution in [3.8, 4) is 0 Å². The topological polar surface area (TPSA) is 104 Å². The normalized spacial score (nSPS) is 48.5. The van der Waals surface area contributed by atoms with Crippen molar-refractivity contribution in [2.24, 2.45) is 29.1 Å². The summed E-state index contributed by atoms with van der Waals surface area (Å²) in [6, 6.07) is 0. The Morgan fingerprint density at radius 2 is 1.93 bits per heavy atom. The summed E-state index contributed by atoms with van der Waals surface area (Å²) in [4.78, 5) is 24.7. The molecule has 4 rings (SSSR count). The number of carbonyl (C=O) groups excluding carboxylic acids is 2. The first-order valence-corrected chi connectivity index (χ1v) is 10.0. The van der Waals surface area contributed by atoms with Crippen LogP contribution in [-0.2, 0) is 14.3 Å². The van der Waals surface area contributed by atoms with Gasteiger partial charge in [-0.15, -0.1) is 0 Å². The van der Waals surface area contributed by atoms with Crippen LogP contribution in [0, 0.1) is 29.1 Å². The molecular weight excluding hydrogens is 360 g/mol. The van der Waals surface area contributed by atoms with Gasteiger partial charge in [-0.2, -0.15) is 0 Å². The molecule has 0 saturated heterocycles. The molecule has 3 N–H and O–H groups in total. The second-order valence-corrected chi connectivity index (χ2v) is 9.94. The molecule has 0 heterocycles. The smallest absolute Gasteiger partial charge is 0.303 e. The lowest BCUT2D eigenvalue weighted by molar-refractivity contribution is -0.186. The molecule has 2 saturated carbocycles. The Hall–Kier alpha value is -1.50. The Morgan fingerprint density at radius 3 is 2.50 bits per heavy atom. The van der Waals surface area contributed by atoms with Gasteiger partial charge in [-0.3, -0.25) is 9.59 Å². The van der Waals surface area contributed by atoms with Gasteiger partial charge in [0.15, 0.2) is 5.78 Å². The van der Waals surface area contributed by atoms with Crippen molar-refractivity contribution in [1.82, 2.24) is 0 Å². The number of fused-ring (bicyclic) bond motifs is 5. The summed E-state index contributed by atoms with van der Waals surface area (Å²) < 4.78 is 5.83. The fraction of sp³-hybridized carbons (Fsp3) is 0.727. The molecule has 0 bridgehead atoms. The third-order valence-corrected chi connectivity index (χ3v) is 8.20. The fourth-order valence-corrected chi connectivity index (χ4v) is 6.85. The van der Waals surface area contributed by atoms with E-state index in [-0.39, 0.29) is 42.0 Å². The van der Waals surface area contributed by atoms with Gasteiger partial charge >= 0.3 is 5.97 Å². The molecule has 0 spiro atoms. The summed E-state index contributed by atoms with van der Waals surface area (Å²) in [7, 11) is 0. The largest absolute Gasteiger partial charge is 0.458 e. The number of Topliss-reactive ketones (excluding diaryl/α,β-unsaturated/α-hetero) is 1. The molecular formula is C22H30O6. The van der Waals surface area contributed by atoms with Gasteiger partial charge in [0.1, 0.15) is 11.2 Å². The number of rotatable bonds is 2. The minimum atomic E-state index is -1.75. The average Bonchev–Trinajstić information content (AvgIpc) is 2.99. The zero-order valence-corrected chi connectivity index (χ0v) is 17.2. The Morgan fingerprint density at radius 1 is 1.29 bits per heavy atom. The molecule has 4 aliphatic rings. The number of hydrogen-bond acceptors (Lipinski definition) is 6. The summed E-state index contributed by atoms with van der Waals surface area (Å²) in [5.41, 5.74) is -3.19. The minimum absolute atomic E-state index is 0.0000834. The number of carbonyl (C=O) groups is 2. The summed E-state index contributed by atoms with van der Waals surface area (Å²) in [6.45, 7) is 8.72. The van der Waals surface area contributed by atoms with E-state index in [2.05, 4.69) is 0 Å². The zero-order chi connectivity index (χ0) is 20.9. The average molecular weight is 390 g/mol. The van der Waals surface area contributed by atoms with Gasteiger partial charge in [0.2, 0.25) is 0 Å². The standard InChI is InChI=1S/C22H30O6/c1-11-6-16-20(26,18(11)25)9-14(10-23)7-15-17-19(4,5)21(17,28-13(3)24)8-12(2)22(15,16)27/h6-7,12,15-17,23,26-27H,8-10H2,1-5H3/t12-,15+,16?,17+,20-,21+,22-/m1/s1. The molecule has 0 amide bonds. The van der Waals surface area contributed by atoms with Crippen molar-refractivity contribution >= 4 is 11.8 Å². The van der Waals surface area contributed by atoms with E-state index in [9.17, 15) is 24.9 Å². The van der Waals surface area contributed by atoms with E-state index in [1.807, 2.05) is 26.8 Å². The van der Waals surface area contributed by atoms with E-state index >= 15 is 0 Å². The van der Waals surface area contributed by atoms with E-state index < -0.39 is 28.6 Å². The molecule has 7 atom stereocenters. The highest BCUT2D eigenvalue weighted by molar-refractivity contribution is 6.04. The molecule has 0 aromatic heterocycles. The molecule has 0 aromatic rings. The number of aliphatic hydroxyl groups is 3.